The maximum atomic E-state index is 12.2. The normalized spacial score (nSPS) is 11.0. The number of carbonyl (C=O) groups excluding carboxylic acids is 1. The van der Waals surface area contributed by atoms with Gasteiger partial charge in [-0.25, -0.2) is 0 Å². The number of nitrogens with one attached hydrogen (secondary N) is 1. The zero-order chi connectivity index (χ0) is 19.1. The molecular weight excluding hydrogens is 382 g/mol. The van der Waals surface area contributed by atoms with Gasteiger partial charge in [-0.1, -0.05) is 23.7 Å². The van der Waals surface area contributed by atoms with E-state index in [4.69, 9.17) is 11.6 Å². The number of carbonyl (C=O) groups is 1. The van der Waals surface area contributed by atoms with Gasteiger partial charge in [-0.15, -0.1) is 11.8 Å². The molecule has 0 bridgehead atoms. The number of alkyl halides is 2. The molecule has 0 saturated heterocycles. The molecule has 140 valence electrons. The first-order valence-electron chi connectivity index (χ1n) is 7.73. The van der Waals surface area contributed by atoms with Crippen LogP contribution in [-0.4, -0.2) is 37.3 Å². The number of hydrogen-bond donors (Lipinski definition) is 1. The lowest BCUT2D eigenvalue weighted by Crippen LogP contribution is -2.29. The Morgan fingerprint density at radius 2 is 1.96 bits per heavy atom. The number of benzene rings is 2. The summed E-state index contributed by atoms with van der Waals surface area (Å²) in [6.45, 7) is -2.15. The van der Waals surface area contributed by atoms with Gasteiger partial charge in [0.05, 0.1) is 11.6 Å². The Bertz CT molecular complexity index is 744. The lowest BCUT2D eigenvalue weighted by molar-refractivity contribution is -0.117. The van der Waals surface area contributed by atoms with E-state index in [0.29, 0.717) is 12.2 Å². The van der Waals surface area contributed by atoms with E-state index in [-0.39, 0.29) is 23.2 Å². The van der Waals surface area contributed by atoms with Crippen LogP contribution in [0.4, 0.5) is 14.5 Å². The summed E-state index contributed by atoms with van der Waals surface area (Å²) in [6, 6.07) is 12.3. The van der Waals surface area contributed by atoms with Crippen LogP contribution in [0.25, 0.3) is 0 Å². The van der Waals surface area contributed by atoms with Crippen molar-refractivity contribution in [2.45, 2.75) is 18.1 Å². The molecule has 4 nitrogen and oxygen atoms in total. The summed E-state index contributed by atoms with van der Waals surface area (Å²) in [6.07, 6.45) is 2.02. The number of likely N-dealkylation sites (N-methyl/N-ethyl adjacent to an activating group) is 1. The maximum absolute atomic E-state index is 12.2. The smallest absolute Gasteiger partial charge is 0.387 e. The third-order valence-electron chi connectivity index (χ3n) is 3.46. The summed E-state index contributed by atoms with van der Waals surface area (Å²) in [5.74, 6) is -0.364. The lowest BCUT2D eigenvalue weighted by Gasteiger charge is -2.17. The van der Waals surface area contributed by atoms with Crippen molar-refractivity contribution in [3.8, 4) is 5.75 Å². The topological polar surface area (TPSA) is 41.6 Å². The van der Waals surface area contributed by atoms with E-state index >= 15 is 0 Å². The highest BCUT2D eigenvalue weighted by Crippen LogP contribution is 2.28. The first-order valence-corrected chi connectivity index (χ1v) is 9.33. The third kappa shape index (κ3) is 6.48. The summed E-state index contributed by atoms with van der Waals surface area (Å²) < 4.78 is 28.7. The fraction of sp³-hybridized carbons (Fsp3) is 0.278. The van der Waals surface area contributed by atoms with Crippen LogP contribution < -0.4 is 10.1 Å². The molecule has 0 unspecified atom stereocenters. The van der Waals surface area contributed by atoms with Gasteiger partial charge in [0.2, 0.25) is 5.91 Å². The number of halogens is 3. The number of ether oxygens (including phenoxy) is 1. The zero-order valence-electron chi connectivity index (χ0n) is 14.3. The molecule has 0 saturated carbocycles. The largest absolute Gasteiger partial charge is 0.433 e. The van der Waals surface area contributed by atoms with Crippen LogP contribution in [0, 0.1) is 0 Å². The molecule has 1 N–H and O–H groups in total. The van der Waals surface area contributed by atoms with Gasteiger partial charge < -0.3 is 10.1 Å². The van der Waals surface area contributed by atoms with Gasteiger partial charge in [0, 0.05) is 17.1 Å². The van der Waals surface area contributed by atoms with Gasteiger partial charge in [0.25, 0.3) is 0 Å². The molecule has 2 aromatic carbocycles. The summed E-state index contributed by atoms with van der Waals surface area (Å²) in [5, 5.41) is 2.69. The van der Waals surface area contributed by atoms with Crippen molar-refractivity contribution >= 4 is 35.0 Å². The average Bonchev–Trinajstić information content (AvgIpc) is 2.57. The molecule has 0 spiro atoms. The molecule has 0 fully saturated rings. The molecule has 2 aromatic rings. The molecule has 0 aliphatic rings. The molecule has 0 aliphatic heterocycles. The van der Waals surface area contributed by atoms with Crippen molar-refractivity contribution in [3.63, 3.8) is 0 Å². The number of rotatable bonds is 8. The van der Waals surface area contributed by atoms with Crippen LogP contribution in [-0.2, 0) is 11.3 Å². The van der Waals surface area contributed by atoms with Gasteiger partial charge >= 0.3 is 6.61 Å². The second-order valence-electron chi connectivity index (χ2n) is 5.59. The first-order chi connectivity index (χ1) is 12.4. The lowest BCUT2D eigenvalue weighted by atomic mass is 10.2. The predicted molar refractivity (Wildman–Crippen MR) is 101 cm³/mol. The van der Waals surface area contributed by atoms with Crippen LogP contribution >= 0.6 is 23.4 Å². The molecule has 8 heteroatoms. The Hall–Kier alpha value is -1.83. The van der Waals surface area contributed by atoms with E-state index in [1.54, 1.807) is 11.8 Å². The number of thioether (sulfide) groups is 1. The quantitative estimate of drug-likeness (QED) is 0.650. The Labute approximate surface area is 160 Å². The second-order valence-corrected chi connectivity index (χ2v) is 6.88. The molecule has 2 rings (SSSR count). The van der Waals surface area contributed by atoms with Crippen LogP contribution in [0.2, 0.25) is 5.02 Å². The minimum absolute atomic E-state index is 0.00494. The number of nitrogens with zero attached hydrogens (tertiary/aromatic N) is 1. The number of anilines is 1. The van der Waals surface area contributed by atoms with Gasteiger partial charge in [-0.2, -0.15) is 8.78 Å². The summed E-state index contributed by atoms with van der Waals surface area (Å²) in [7, 11) is 1.84. The minimum atomic E-state index is -2.95. The van der Waals surface area contributed by atoms with Crippen molar-refractivity contribution in [2.75, 3.05) is 25.2 Å². The highest BCUT2D eigenvalue weighted by atomic mass is 35.5. The third-order valence-corrected chi connectivity index (χ3v) is 4.50. The Kier molecular flexibility index (Phi) is 7.68. The molecule has 0 aromatic heterocycles. The highest BCUT2D eigenvalue weighted by molar-refractivity contribution is 7.98. The van der Waals surface area contributed by atoms with E-state index in [9.17, 15) is 13.6 Å². The summed E-state index contributed by atoms with van der Waals surface area (Å²) in [4.78, 5) is 15.2. The van der Waals surface area contributed by atoms with Crippen molar-refractivity contribution in [1.82, 2.24) is 4.90 Å². The summed E-state index contributed by atoms with van der Waals surface area (Å²) >= 11 is 7.55. The number of amides is 1. The van der Waals surface area contributed by atoms with Crippen molar-refractivity contribution in [1.29, 1.82) is 0 Å². The fourth-order valence-corrected chi connectivity index (χ4v) is 2.95. The first kappa shape index (κ1) is 20.5. The van der Waals surface area contributed by atoms with Crippen molar-refractivity contribution in [3.05, 3.63) is 53.1 Å². The number of hydrogen-bond acceptors (Lipinski definition) is 4. The Morgan fingerprint density at radius 1 is 1.27 bits per heavy atom. The standard InChI is InChI=1S/C18H19ClF2N2O2S/c1-23(10-12-3-6-14(26-2)7-4-12)11-17(24)22-13-5-8-16(15(19)9-13)25-18(20)21/h3-9,18H,10-11H2,1-2H3,(H,22,24). The molecule has 0 radical (unpaired) electrons. The molecule has 26 heavy (non-hydrogen) atoms. The van der Waals surface area contributed by atoms with E-state index in [0.717, 1.165) is 5.56 Å². The van der Waals surface area contributed by atoms with Gasteiger partial charge in [0.1, 0.15) is 5.75 Å². The SMILES string of the molecule is CSc1ccc(CN(C)CC(=O)Nc2ccc(OC(F)F)c(Cl)c2)cc1. The zero-order valence-corrected chi connectivity index (χ0v) is 15.9. The monoisotopic (exact) mass is 400 g/mol. The molecular formula is C18H19ClF2N2O2S. The second kappa shape index (κ2) is 9.75. The minimum Gasteiger partial charge on any atom is -0.433 e. The summed E-state index contributed by atoms with van der Waals surface area (Å²) in [5.41, 5.74) is 1.52. The van der Waals surface area contributed by atoms with Gasteiger partial charge in [-0.3, -0.25) is 9.69 Å². The van der Waals surface area contributed by atoms with Crippen molar-refractivity contribution in [2.24, 2.45) is 0 Å². The van der Waals surface area contributed by atoms with E-state index < -0.39 is 6.61 Å². The molecule has 1 amide bonds. The van der Waals surface area contributed by atoms with Crippen LogP contribution in [0.5, 0.6) is 5.75 Å². The Morgan fingerprint density at radius 3 is 2.54 bits per heavy atom. The van der Waals surface area contributed by atoms with Crippen molar-refractivity contribution < 1.29 is 18.3 Å². The van der Waals surface area contributed by atoms with E-state index in [1.165, 1.54) is 23.1 Å². The van der Waals surface area contributed by atoms with Crippen LogP contribution in [0.3, 0.4) is 0 Å². The molecule has 0 atom stereocenters. The maximum Gasteiger partial charge on any atom is 0.387 e. The van der Waals surface area contributed by atoms with Gasteiger partial charge in [0.15, 0.2) is 0 Å². The van der Waals surface area contributed by atoms with Gasteiger partial charge in [-0.05, 0) is 49.2 Å². The fourth-order valence-electron chi connectivity index (χ4n) is 2.31. The average molecular weight is 401 g/mol. The van der Waals surface area contributed by atoms with E-state index in [1.807, 2.05) is 42.5 Å². The predicted octanol–water partition coefficient (Wildman–Crippen LogP) is 4.73. The molecule has 0 aliphatic carbocycles. The van der Waals surface area contributed by atoms with E-state index in [2.05, 4.69) is 10.1 Å². The Balaban J connectivity index is 1.88. The van der Waals surface area contributed by atoms with Crippen LogP contribution in [0.1, 0.15) is 5.56 Å². The highest BCUT2D eigenvalue weighted by Gasteiger charge is 2.11. The molecule has 0 heterocycles. The van der Waals surface area contributed by atoms with Crippen LogP contribution in [0.15, 0.2) is 47.4 Å².